The molecule has 0 spiro atoms. The number of rotatable bonds is 2. The summed E-state index contributed by atoms with van der Waals surface area (Å²) in [6, 6.07) is 7.43. The van der Waals surface area contributed by atoms with Gasteiger partial charge in [-0.15, -0.1) is 0 Å². The number of pyridine rings is 1. The van der Waals surface area contributed by atoms with E-state index in [1.165, 1.54) is 0 Å². The molecule has 138 valence electrons. The number of aromatic nitrogens is 3. The zero-order chi connectivity index (χ0) is 19.3. The van der Waals surface area contributed by atoms with Gasteiger partial charge >= 0.3 is 0 Å². The molecule has 5 nitrogen and oxygen atoms in total. The largest absolute Gasteiger partial charge is 0.304 e. The van der Waals surface area contributed by atoms with E-state index in [2.05, 4.69) is 32.7 Å². The van der Waals surface area contributed by atoms with Crippen molar-refractivity contribution in [2.45, 2.75) is 19.9 Å². The Hall–Kier alpha value is -1.64. The van der Waals surface area contributed by atoms with Crippen molar-refractivity contribution in [3.8, 4) is 11.1 Å². The number of anilines is 1. The van der Waals surface area contributed by atoms with Gasteiger partial charge in [-0.2, -0.15) is 5.10 Å². The third-order valence-corrected chi connectivity index (χ3v) is 6.84. The fraction of sp³-hybridized carbons (Fsp3) is 0.211. The van der Waals surface area contributed by atoms with Crippen molar-refractivity contribution >= 4 is 57.4 Å². The topological polar surface area (TPSA) is 51.0 Å². The molecule has 4 rings (SSSR count). The van der Waals surface area contributed by atoms with Crippen LogP contribution in [0.5, 0.6) is 0 Å². The van der Waals surface area contributed by atoms with E-state index in [9.17, 15) is 4.79 Å². The molecule has 1 atom stereocenters. The Labute approximate surface area is 180 Å². The summed E-state index contributed by atoms with van der Waals surface area (Å²) in [6.07, 6.45) is 3.49. The van der Waals surface area contributed by atoms with Gasteiger partial charge in [0.15, 0.2) is 0 Å². The maximum atomic E-state index is 13.4. The SMILES string of the molecule is Cc1cc(-c2cnn3c2C(=O)N(c2ccc(Cl)c(Cl)c2I)CC3C)ccn1. The normalized spacial score (nSPS) is 16.6. The zero-order valence-electron chi connectivity index (χ0n) is 14.6. The molecule has 1 amide bonds. The average molecular weight is 513 g/mol. The summed E-state index contributed by atoms with van der Waals surface area (Å²) < 4.78 is 2.56. The third kappa shape index (κ3) is 3.13. The van der Waals surface area contributed by atoms with Crippen LogP contribution in [0.15, 0.2) is 36.7 Å². The summed E-state index contributed by atoms with van der Waals surface area (Å²) in [5.41, 5.74) is 3.94. The third-order valence-electron chi connectivity index (χ3n) is 4.62. The molecule has 2 aromatic heterocycles. The molecule has 1 aromatic carbocycles. The zero-order valence-corrected chi connectivity index (χ0v) is 18.2. The Kier molecular flexibility index (Phi) is 4.90. The molecular formula is C19H15Cl2IN4O. The highest BCUT2D eigenvalue weighted by Gasteiger charge is 2.34. The summed E-state index contributed by atoms with van der Waals surface area (Å²) in [5.74, 6) is -0.105. The van der Waals surface area contributed by atoms with E-state index in [1.807, 2.05) is 32.0 Å². The first-order valence-corrected chi connectivity index (χ1v) is 10.2. The molecule has 3 aromatic rings. The molecule has 0 fully saturated rings. The van der Waals surface area contributed by atoms with Crippen LogP contribution in [-0.4, -0.2) is 27.2 Å². The van der Waals surface area contributed by atoms with E-state index in [4.69, 9.17) is 23.2 Å². The van der Waals surface area contributed by atoms with Gasteiger partial charge < -0.3 is 4.90 Å². The molecule has 0 aliphatic carbocycles. The van der Waals surface area contributed by atoms with Crippen LogP contribution in [0, 0.1) is 10.5 Å². The molecule has 0 N–H and O–H groups in total. The van der Waals surface area contributed by atoms with Gasteiger partial charge in [0.1, 0.15) is 5.69 Å². The first kappa shape index (κ1) is 18.7. The Balaban J connectivity index is 1.85. The lowest BCUT2D eigenvalue weighted by Gasteiger charge is -2.33. The summed E-state index contributed by atoms with van der Waals surface area (Å²) in [4.78, 5) is 19.4. The molecule has 8 heteroatoms. The van der Waals surface area contributed by atoms with Gasteiger partial charge in [-0.1, -0.05) is 23.2 Å². The number of hydrogen-bond donors (Lipinski definition) is 0. The standard InChI is InChI=1S/C19H15Cl2IN4O/c1-10-7-12(5-6-23-10)13-8-24-26-11(2)9-25(19(27)18(13)26)15-4-3-14(20)16(21)17(15)22/h3-8,11H,9H2,1-2H3. The van der Waals surface area contributed by atoms with Crippen LogP contribution >= 0.6 is 45.8 Å². The van der Waals surface area contributed by atoms with Crippen molar-refractivity contribution in [1.29, 1.82) is 0 Å². The van der Waals surface area contributed by atoms with Crippen LogP contribution in [0.25, 0.3) is 11.1 Å². The van der Waals surface area contributed by atoms with Gasteiger partial charge in [-0.3, -0.25) is 14.5 Å². The molecule has 1 aliphatic heterocycles. The first-order chi connectivity index (χ1) is 12.9. The van der Waals surface area contributed by atoms with E-state index in [0.717, 1.165) is 26.1 Å². The van der Waals surface area contributed by atoms with E-state index >= 15 is 0 Å². The number of hydrogen-bond acceptors (Lipinski definition) is 3. The fourth-order valence-electron chi connectivity index (χ4n) is 3.32. The number of aryl methyl sites for hydroxylation is 1. The molecule has 0 bridgehead atoms. The van der Waals surface area contributed by atoms with E-state index in [0.29, 0.717) is 22.3 Å². The second-order valence-electron chi connectivity index (χ2n) is 6.50. The molecule has 3 heterocycles. The average Bonchev–Trinajstić information content (AvgIpc) is 3.09. The predicted octanol–water partition coefficient (Wildman–Crippen LogP) is 5.39. The number of fused-ring (bicyclic) bond motifs is 1. The smallest absolute Gasteiger partial charge is 0.277 e. The van der Waals surface area contributed by atoms with Crippen molar-refractivity contribution in [1.82, 2.24) is 14.8 Å². The monoisotopic (exact) mass is 512 g/mol. The number of benzene rings is 1. The Morgan fingerprint density at radius 2 is 2.04 bits per heavy atom. The van der Waals surface area contributed by atoms with Crippen LogP contribution in [0.1, 0.15) is 29.1 Å². The Morgan fingerprint density at radius 3 is 2.78 bits per heavy atom. The molecule has 0 radical (unpaired) electrons. The van der Waals surface area contributed by atoms with Gasteiger partial charge in [0.05, 0.1) is 31.5 Å². The highest BCUT2D eigenvalue weighted by Crippen LogP contribution is 2.38. The molecule has 0 saturated heterocycles. The number of nitrogens with zero attached hydrogens (tertiary/aromatic N) is 4. The minimum Gasteiger partial charge on any atom is -0.304 e. The molecule has 1 aliphatic rings. The van der Waals surface area contributed by atoms with Gasteiger partial charge in [0.2, 0.25) is 0 Å². The number of carbonyl (C=O) groups is 1. The summed E-state index contributed by atoms with van der Waals surface area (Å²) in [7, 11) is 0. The second-order valence-corrected chi connectivity index (χ2v) is 8.36. The lowest BCUT2D eigenvalue weighted by Crippen LogP contribution is -2.43. The lowest BCUT2D eigenvalue weighted by atomic mass is 10.0. The van der Waals surface area contributed by atoms with Crippen molar-refractivity contribution in [2.75, 3.05) is 11.4 Å². The highest BCUT2D eigenvalue weighted by atomic mass is 127. The first-order valence-electron chi connectivity index (χ1n) is 8.34. The van der Waals surface area contributed by atoms with Crippen molar-refractivity contribution in [2.24, 2.45) is 0 Å². The van der Waals surface area contributed by atoms with E-state index in [-0.39, 0.29) is 11.9 Å². The number of carbonyl (C=O) groups excluding carboxylic acids is 1. The second kappa shape index (κ2) is 7.07. The summed E-state index contributed by atoms with van der Waals surface area (Å²) in [5, 5.41) is 5.41. The van der Waals surface area contributed by atoms with Crippen LogP contribution in [0.2, 0.25) is 10.0 Å². The van der Waals surface area contributed by atoms with Gasteiger partial charge in [0, 0.05) is 24.0 Å². The molecule has 0 saturated carbocycles. The number of halogens is 3. The minimum atomic E-state index is -0.105. The van der Waals surface area contributed by atoms with Gasteiger partial charge in [-0.25, -0.2) is 0 Å². The predicted molar refractivity (Wildman–Crippen MR) is 116 cm³/mol. The summed E-state index contributed by atoms with van der Waals surface area (Å²) in [6.45, 7) is 4.48. The Morgan fingerprint density at radius 1 is 1.26 bits per heavy atom. The van der Waals surface area contributed by atoms with Crippen molar-refractivity contribution in [3.63, 3.8) is 0 Å². The fourth-order valence-corrected chi connectivity index (χ4v) is 4.56. The molecular weight excluding hydrogens is 498 g/mol. The Bertz CT molecular complexity index is 1070. The van der Waals surface area contributed by atoms with Crippen molar-refractivity contribution in [3.05, 3.63) is 61.7 Å². The maximum absolute atomic E-state index is 13.4. The van der Waals surface area contributed by atoms with Gasteiger partial charge in [0.25, 0.3) is 5.91 Å². The van der Waals surface area contributed by atoms with Gasteiger partial charge in [-0.05, 0) is 66.3 Å². The lowest BCUT2D eigenvalue weighted by molar-refractivity contribution is 0.0954. The summed E-state index contributed by atoms with van der Waals surface area (Å²) >= 11 is 14.6. The van der Waals surface area contributed by atoms with Crippen LogP contribution in [0.4, 0.5) is 5.69 Å². The maximum Gasteiger partial charge on any atom is 0.277 e. The van der Waals surface area contributed by atoms with Crippen LogP contribution < -0.4 is 4.90 Å². The van der Waals surface area contributed by atoms with Crippen LogP contribution in [0.3, 0.4) is 0 Å². The van der Waals surface area contributed by atoms with Crippen LogP contribution in [-0.2, 0) is 0 Å². The highest BCUT2D eigenvalue weighted by molar-refractivity contribution is 14.1. The number of amides is 1. The van der Waals surface area contributed by atoms with Crippen molar-refractivity contribution < 1.29 is 4.79 Å². The molecule has 27 heavy (non-hydrogen) atoms. The minimum absolute atomic E-state index is 0.0274. The van der Waals surface area contributed by atoms with E-state index < -0.39 is 0 Å². The molecule has 1 unspecified atom stereocenters. The van der Waals surface area contributed by atoms with E-state index in [1.54, 1.807) is 28.0 Å². The quantitative estimate of drug-likeness (QED) is 0.342.